The summed E-state index contributed by atoms with van der Waals surface area (Å²) in [7, 11) is 0. The van der Waals surface area contributed by atoms with Gasteiger partial charge in [-0.3, -0.25) is 4.98 Å². The highest BCUT2D eigenvalue weighted by Gasteiger charge is 2.17. The maximum absolute atomic E-state index is 5.91. The molecule has 1 aliphatic heterocycles. The van der Waals surface area contributed by atoms with Crippen LogP contribution in [0.1, 0.15) is 24.5 Å². The first kappa shape index (κ1) is 12.5. The minimum absolute atomic E-state index is 0.0131. The van der Waals surface area contributed by atoms with Crippen LogP contribution >= 0.6 is 0 Å². The topological polar surface area (TPSA) is 57.4 Å². The second kappa shape index (κ2) is 6.69. The Bertz CT molecular complexity index is 312. The number of aromatic nitrogens is 1. The zero-order chi connectivity index (χ0) is 11.9. The van der Waals surface area contributed by atoms with Crippen molar-refractivity contribution in [3.63, 3.8) is 0 Å². The third-order valence-electron chi connectivity index (χ3n) is 3.17. The number of nitrogens with two attached hydrogens (primary N) is 1. The van der Waals surface area contributed by atoms with Crippen LogP contribution in [0.5, 0.6) is 0 Å². The number of hydrogen-bond donors (Lipinski definition) is 1. The molecule has 0 radical (unpaired) electrons. The predicted octanol–water partition coefficient (Wildman–Crippen LogP) is 1.52. The minimum atomic E-state index is -0.0131. The molecule has 1 saturated heterocycles. The Morgan fingerprint density at radius 3 is 2.71 bits per heavy atom. The summed E-state index contributed by atoms with van der Waals surface area (Å²) in [6.45, 7) is 2.99. The van der Waals surface area contributed by atoms with Crippen molar-refractivity contribution < 1.29 is 9.47 Å². The van der Waals surface area contributed by atoms with Crippen LogP contribution in [0.2, 0.25) is 0 Å². The van der Waals surface area contributed by atoms with E-state index in [1.807, 2.05) is 12.1 Å². The van der Waals surface area contributed by atoms with Gasteiger partial charge in [0.2, 0.25) is 0 Å². The maximum atomic E-state index is 5.91. The van der Waals surface area contributed by atoms with E-state index in [1.165, 1.54) is 0 Å². The lowest BCUT2D eigenvalue weighted by Gasteiger charge is -2.24. The Kier molecular flexibility index (Phi) is 4.91. The first-order valence-corrected chi connectivity index (χ1v) is 6.19. The van der Waals surface area contributed by atoms with Gasteiger partial charge in [0.15, 0.2) is 0 Å². The van der Waals surface area contributed by atoms with Crippen LogP contribution in [0.4, 0.5) is 0 Å². The molecule has 0 bridgehead atoms. The van der Waals surface area contributed by atoms with E-state index < -0.39 is 0 Å². The van der Waals surface area contributed by atoms with E-state index in [0.29, 0.717) is 12.5 Å². The molecule has 4 nitrogen and oxygen atoms in total. The summed E-state index contributed by atoms with van der Waals surface area (Å²) in [5.74, 6) is 0.611. The molecule has 0 amide bonds. The van der Waals surface area contributed by atoms with Crippen molar-refractivity contribution in [1.29, 1.82) is 0 Å². The molecule has 1 aromatic rings. The number of pyridine rings is 1. The van der Waals surface area contributed by atoms with Crippen molar-refractivity contribution in [1.82, 2.24) is 4.98 Å². The highest BCUT2D eigenvalue weighted by atomic mass is 16.5. The van der Waals surface area contributed by atoms with E-state index in [4.69, 9.17) is 15.2 Å². The lowest BCUT2D eigenvalue weighted by atomic mass is 10.0. The molecule has 2 heterocycles. The third-order valence-corrected chi connectivity index (χ3v) is 3.17. The second-order valence-electron chi connectivity index (χ2n) is 4.39. The molecule has 1 aromatic heterocycles. The average molecular weight is 236 g/mol. The summed E-state index contributed by atoms with van der Waals surface area (Å²) >= 11 is 0. The van der Waals surface area contributed by atoms with Crippen molar-refractivity contribution in [3.05, 3.63) is 30.1 Å². The fraction of sp³-hybridized carbons (Fsp3) is 0.615. The first-order chi connectivity index (χ1) is 8.40. The zero-order valence-corrected chi connectivity index (χ0v) is 10.0. The van der Waals surface area contributed by atoms with Crippen molar-refractivity contribution in [3.8, 4) is 0 Å². The quantitative estimate of drug-likeness (QED) is 0.842. The van der Waals surface area contributed by atoms with Gasteiger partial charge in [-0.2, -0.15) is 0 Å². The van der Waals surface area contributed by atoms with Gasteiger partial charge in [0, 0.05) is 32.2 Å². The second-order valence-corrected chi connectivity index (χ2v) is 4.39. The van der Waals surface area contributed by atoms with E-state index in [2.05, 4.69) is 4.98 Å². The summed E-state index contributed by atoms with van der Waals surface area (Å²) in [4.78, 5) is 4.00. The van der Waals surface area contributed by atoms with Crippen LogP contribution in [0.15, 0.2) is 24.5 Å². The summed E-state index contributed by atoms with van der Waals surface area (Å²) in [6.07, 6.45) is 5.72. The van der Waals surface area contributed by atoms with Crippen LogP contribution in [0.3, 0.4) is 0 Å². The van der Waals surface area contributed by atoms with Crippen molar-refractivity contribution >= 4 is 0 Å². The summed E-state index contributed by atoms with van der Waals surface area (Å²) in [6, 6.07) is 3.92. The van der Waals surface area contributed by atoms with Crippen LogP contribution in [-0.4, -0.2) is 31.3 Å². The van der Waals surface area contributed by atoms with Crippen molar-refractivity contribution in [2.45, 2.75) is 18.9 Å². The van der Waals surface area contributed by atoms with Gasteiger partial charge < -0.3 is 15.2 Å². The maximum Gasteiger partial charge on any atom is 0.0948 e. The molecule has 0 saturated carbocycles. The Labute approximate surface area is 102 Å². The van der Waals surface area contributed by atoms with E-state index in [9.17, 15) is 0 Å². The van der Waals surface area contributed by atoms with Gasteiger partial charge in [0.1, 0.15) is 0 Å². The molecule has 2 N–H and O–H groups in total. The molecule has 1 fully saturated rings. The molecular weight excluding hydrogens is 216 g/mol. The number of ether oxygens (including phenoxy) is 2. The Balaban J connectivity index is 1.83. The molecule has 2 rings (SSSR count). The van der Waals surface area contributed by atoms with Gasteiger partial charge >= 0.3 is 0 Å². The molecule has 1 unspecified atom stereocenters. The van der Waals surface area contributed by atoms with Gasteiger partial charge in [-0.05, 0) is 36.5 Å². The molecule has 1 aliphatic rings. The third kappa shape index (κ3) is 3.77. The van der Waals surface area contributed by atoms with Crippen LogP contribution in [0.25, 0.3) is 0 Å². The fourth-order valence-corrected chi connectivity index (χ4v) is 2.04. The SMILES string of the molecule is NCC(OCC1CCOCC1)c1ccncc1. The fourth-order valence-electron chi connectivity index (χ4n) is 2.04. The van der Waals surface area contributed by atoms with E-state index >= 15 is 0 Å². The van der Waals surface area contributed by atoms with Gasteiger partial charge in [-0.25, -0.2) is 0 Å². The van der Waals surface area contributed by atoms with Crippen LogP contribution in [0, 0.1) is 5.92 Å². The van der Waals surface area contributed by atoms with E-state index in [-0.39, 0.29) is 6.10 Å². The zero-order valence-electron chi connectivity index (χ0n) is 10.0. The Morgan fingerprint density at radius 1 is 1.35 bits per heavy atom. The van der Waals surface area contributed by atoms with Gasteiger partial charge in [-0.15, -0.1) is 0 Å². The summed E-state index contributed by atoms with van der Waals surface area (Å²) in [5.41, 5.74) is 6.86. The van der Waals surface area contributed by atoms with Gasteiger partial charge in [0.05, 0.1) is 12.7 Å². The molecule has 17 heavy (non-hydrogen) atoms. The van der Waals surface area contributed by atoms with Crippen LogP contribution < -0.4 is 5.73 Å². The molecule has 0 aliphatic carbocycles. The summed E-state index contributed by atoms with van der Waals surface area (Å²) < 4.78 is 11.2. The number of hydrogen-bond acceptors (Lipinski definition) is 4. The average Bonchev–Trinajstić information content (AvgIpc) is 2.42. The van der Waals surface area contributed by atoms with E-state index in [0.717, 1.165) is 38.2 Å². The predicted molar refractivity (Wildman–Crippen MR) is 65.5 cm³/mol. The summed E-state index contributed by atoms with van der Waals surface area (Å²) in [5, 5.41) is 0. The lowest BCUT2D eigenvalue weighted by Crippen LogP contribution is -2.24. The molecule has 4 heteroatoms. The number of rotatable bonds is 5. The largest absolute Gasteiger partial charge is 0.381 e. The monoisotopic (exact) mass is 236 g/mol. The van der Waals surface area contributed by atoms with Crippen molar-refractivity contribution in [2.24, 2.45) is 11.7 Å². The Morgan fingerprint density at radius 2 is 2.06 bits per heavy atom. The molecular formula is C13H20N2O2. The highest BCUT2D eigenvalue weighted by molar-refractivity contribution is 5.13. The van der Waals surface area contributed by atoms with E-state index in [1.54, 1.807) is 12.4 Å². The highest BCUT2D eigenvalue weighted by Crippen LogP contribution is 2.20. The minimum Gasteiger partial charge on any atom is -0.381 e. The van der Waals surface area contributed by atoms with Gasteiger partial charge in [0.25, 0.3) is 0 Å². The van der Waals surface area contributed by atoms with Gasteiger partial charge in [-0.1, -0.05) is 0 Å². The normalized spacial score (nSPS) is 19.1. The lowest BCUT2D eigenvalue weighted by molar-refractivity contribution is -0.00875. The Hall–Kier alpha value is -0.970. The molecule has 0 spiro atoms. The van der Waals surface area contributed by atoms with Crippen LogP contribution in [-0.2, 0) is 9.47 Å². The molecule has 0 aromatic carbocycles. The first-order valence-electron chi connectivity index (χ1n) is 6.19. The molecule has 1 atom stereocenters. The standard InChI is InChI=1S/C13H20N2O2/c14-9-13(12-1-5-15-6-2-12)17-10-11-3-7-16-8-4-11/h1-2,5-6,11,13H,3-4,7-10,14H2. The smallest absolute Gasteiger partial charge is 0.0948 e. The number of nitrogens with zero attached hydrogens (tertiary/aromatic N) is 1. The van der Waals surface area contributed by atoms with Crippen molar-refractivity contribution in [2.75, 3.05) is 26.4 Å². The molecule has 94 valence electrons.